The number of anilines is 1. The predicted octanol–water partition coefficient (Wildman–Crippen LogP) is 3.59. The van der Waals surface area contributed by atoms with E-state index in [1.807, 2.05) is 6.07 Å². The van der Waals surface area contributed by atoms with Gasteiger partial charge in [-0.15, -0.1) is 11.6 Å². The first-order chi connectivity index (χ1) is 9.59. The van der Waals surface area contributed by atoms with Gasteiger partial charge in [0.1, 0.15) is 5.82 Å². The Labute approximate surface area is 124 Å². The molecule has 0 atom stereocenters. The third-order valence-corrected chi connectivity index (χ3v) is 3.91. The Bertz CT molecular complexity index is 627. The first-order valence-electron chi connectivity index (χ1n) is 6.93. The predicted molar refractivity (Wildman–Crippen MR) is 83.5 cm³/mol. The molecule has 0 aliphatic carbocycles. The van der Waals surface area contributed by atoms with E-state index in [-0.39, 0.29) is 5.60 Å². The van der Waals surface area contributed by atoms with Gasteiger partial charge >= 0.3 is 0 Å². The van der Waals surface area contributed by atoms with E-state index in [9.17, 15) is 0 Å². The highest BCUT2D eigenvalue weighted by Crippen LogP contribution is 2.29. The Morgan fingerprint density at radius 3 is 2.90 bits per heavy atom. The molecule has 2 aromatic rings. The Balaban J connectivity index is 2.09. The molecule has 0 spiro atoms. The third-order valence-electron chi connectivity index (χ3n) is 3.64. The van der Waals surface area contributed by atoms with Crippen LogP contribution in [0.4, 0.5) is 5.82 Å². The Morgan fingerprint density at radius 2 is 2.15 bits per heavy atom. The van der Waals surface area contributed by atoms with Crippen LogP contribution in [0, 0.1) is 0 Å². The topological polar surface area (TPSA) is 25.4 Å². The van der Waals surface area contributed by atoms with E-state index in [1.54, 1.807) is 0 Å². The van der Waals surface area contributed by atoms with E-state index in [1.165, 1.54) is 10.8 Å². The fourth-order valence-electron chi connectivity index (χ4n) is 2.74. The van der Waals surface area contributed by atoms with Gasteiger partial charge in [0.05, 0.1) is 23.8 Å². The minimum Gasteiger partial charge on any atom is -0.372 e. The summed E-state index contributed by atoms with van der Waals surface area (Å²) in [5.41, 5.74) is 0.780. The lowest BCUT2D eigenvalue weighted by Crippen LogP contribution is -2.48. The van der Waals surface area contributed by atoms with Crippen molar-refractivity contribution in [3.05, 3.63) is 36.0 Å². The van der Waals surface area contributed by atoms with E-state index in [2.05, 4.69) is 43.0 Å². The fourth-order valence-corrected chi connectivity index (χ4v) is 2.88. The molecule has 1 aromatic carbocycles. The molecule has 1 fully saturated rings. The van der Waals surface area contributed by atoms with Crippen molar-refractivity contribution in [3.63, 3.8) is 0 Å². The van der Waals surface area contributed by atoms with Crippen LogP contribution in [0.3, 0.4) is 0 Å². The second-order valence-electron chi connectivity index (χ2n) is 5.82. The molecule has 3 rings (SSSR count). The molecular formula is C16H19ClN2O. The van der Waals surface area contributed by atoms with Crippen LogP contribution in [0.15, 0.2) is 30.3 Å². The van der Waals surface area contributed by atoms with Gasteiger partial charge in [0.2, 0.25) is 0 Å². The van der Waals surface area contributed by atoms with Gasteiger partial charge in [-0.3, -0.25) is 0 Å². The molecule has 0 radical (unpaired) electrons. The number of morpholine rings is 1. The summed E-state index contributed by atoms with van der Waals surface area (Å²) in [6.07, 6.45) is 0. The van der Waals surface area contributed by atoms with Gasteiger partial charge in [0.25, 0.3) is 0 Å². The molecular weight excluding hydrogens is 272 g/mol. The van der Waals surface area contributed by atoms with Crippen LogP contribution in [0.2, 0.25) is 0 Å². The average molecular weight is 291 g/mol. The zero-order chi connectivity index (χ0) is 14.2. The van der Waals surface area contributed by atoms with E-state index in [0.29, 0.717) is 5.88 Å². The lowest BCUT2D eigenvalue weighted by atomic mass is 10.1. The summed E-state index contributed by atoms with van der Waals surface area (Å²) in [6.45, 7) is 6.68. The summed E-state index contributed by atoms with van der Waals surface area (Å²) in [7, 11) is 0. The Hall–Kier alpha value is -1.32. The van der Waals surface area contributed by atoms with Crippen molar-refractivity contribution >= 4 is 28.2 Å². The van der Waals surface area contributed by atoms with Gasteiger partial charge in [-0.05, 0) is 25.3 Å². The maximum absolute atomic E-state index is 5.99. The number of nitrogens with zero attached hydrogens (tertiary/aromatic N) is 2. The van der Waals surface area contributed by atoms with E-state index < -0.39 is 0 Å². The SMILES string of the molecule is CC1(C)CN(c2nc(CCl)cc3ccccc23)CCO1. The number of hydrogen-bond acceptors (Lipinski definition) is 3. The molecule has 1 saturated heterocycles. The summed E-state index contributed by atoms with van der Waals surface area (Å²) < 4.78 is 5.79. The van der Waals surface area contributed by atoms with Crippen molar-refractivity contribution < 1.29 is 4.74 Å². The van der Waals surface area contributed by atoms with Crippen LogP contribution in [-0.2, 0) is 10.6 Å². The van der Waals surface area contributed by atoms with Gasteiger partial charge in [0.15, 0.2) is 0 Å². The standard InChI is InChI=1S/C16H19ClN2O/c1-16(2)11-19(7-8-20-16)15-14-6-4-3-5-12(14)9-13(10-17)18-15/h3-6,9H,7-8,10-11H2,1-2H3. The minimum atomic E-state index is -0.141. The number of alkyl halides is 1. The number of pyridine rings is 1. The quantitative estimate of drug-likeness (QED) is 0.791. The highest BCUT2D eigenvalue weighted by Gasteiger charge is 2.28. The molecule has 2 heterocycles. The van der Waals surface area contributed by atoms with E-state index in [0.717, 1.165) is 31.2 Å². The zero-order valence-electron chi connectivity index (χ0n) is 11.9. The van der Waals surface area contributed by atoms with Gasteiger partial charge in [-0.2, -0.15) is 0 Å². The summed E-state index contributed by atoms with van der Waals surface area (Å²) >= 11 is 5.99. The van der Waals surface area contributed by atoms with Crippen LogP contribution in [0.1, 0.15) is 19.5 Å². The molecule has 20 heavy (non-hydrogen) atoms. The number of ether oxygens (including phenoxy) is 1. The van der Waals surface area contributed by atoms with Crippen LogP contribution >= 0.6 is 11.6 Å². The Morgan fingerprint density at radius 1 is 1.35 bits per heavy atom. The lowest BCUT2D eigenvalue weighted by molar-refractivity contribution is -0.0278. The zero-order valence-corrected chi connectivity index (χ0v) is 12.7. The normalized spacial score (nSPS) is 18.4. The number of fused-ring (bicyclic) bond motifs is 1. The number of benzene rings is 1. The van der Waals surface area contributed by atoms with Gasteiger partial charge in [-0.1, -0.05) is 24.3 Å². The molecule has 0 N–H and O–H groups in total. The number of rotatable bonds is 2. The van der Waals surface area contributed by atoms with Crippen molar-refractivity contribution in [1.29, 1.82) is 0 Å². The highest BCUT2D eigenvalue weighted by atomic mass is 35.5. The molecule has 1 aliphatic rings. The van der Waals surface area contributed by atoms with E-state index >= 15 is 0 Å². The first kappa shape index (κ1) is 13.7. The maximum Gasteiger partial charge on any atom is 0.136 e. The van der Waals surface area contributed by atoms with Crippen LogP contribution in [0.25, 0.3) is 10.8 Å². The van der Waals surface area contributed by atoms with Crippen LogP contribution < -0.4 is 4.90 Å². The average Bonchev–Trinajstić information content (AvgIpc) is 2.45. The lowest BCUT2D eigenvalue weighted by Gasteiger charge is -2.39. The number of aromatic nitrogens is 1. The summed E-state index contributed by atoms with van der Waals surface area (Å²) in [6, 6.07) is 10.4. The third kappa shape index (κ3) is 2.60. The molecule has 3 nitrogen and oxygen atoms in total. The summed E-state index contributed by atoms with van der Waals surface area (Å²) in [5, 5.41) is 2.37. The molecule has 1 aliphatic heterocycles. The second-order valence-corrected chi connectivity index (χ2v) is 6.09. The van der Waals surface area contributed by atoms with Gasteiger partial charge < -0.3 is 9.64 Å². The number of halogens is 1. The first-order valence-corrected chi connectivity index (χ1v) is 7.46. The molecule has 0 unspecified atom stereocenters. The van der Waals surface area contributed by atoms with Gasteiger partial charge in [0, 0.05) is 18.5 Å². The van der Waals surface area contributed by atoms with Crippen molar-refractivity contribution in [2.75, 3.05) is 24.6 Å². The molecule has 0 saturated carbocycles. The second kappa shape index (κ2) is 5.23. The molecule has 106 valence electrons. The monoisotopic (exact) mass is 290 g/mol. The number of hydrogen-bond donors (Lipinski definition) is 0. The highest BCUT2D eigenvalue weighted by molar-refractivity contribution is 6.17. The smallest absolute Gasteiger partial charge is 0.136 e. The Kier molecular flexibility index (Phi) is 3.57. The minimum absolute atomic E-state index is 0.141. The molecule has 0 bridgehead atoms. The van der Waals surface area contributed by atoms with Crippen molar-refractivity contribution in [2.24, 2.45) is 0 Å². The van der Waals surface area contributed by atoms with Crippen molar-refractivity contribution in [1.82, 2.24) is 4.98 Å². The van der Waals surface area contributed by atoms with Crippen LogP contribution in [0.5, 0.6) is 0 Å². The van der Waals surface area contributed by atoms with Crippen LogP contribution in [-0.4, -0.2) is 30.3 Å². The largest absolute Gasteiger partial charge is 0.372 e. The summed E-state index contributed by atoms with van der Waals surface area (Å²) in [4.78, 5) is 7.05. The van der Waals surface area contributed by atoms with Gasteiger partial charge in [-0.25, -0.2) is 4.98 Å². The van der Waals surface area contributed by atoms with Crippen molar-refractivity contribution in [2.45, 2.75) is 25.3 Å². The van der Waals surface area contributed by atoms with E-state index in [4.69, 9.17) is 21.3 Å². The molecule has 4 heteroatoms. The molecule has 0 amide bonds. The maximum atomic E-state index is 5.99. The fraction of sp³-hybridized carbons (Fsp3) is 0.438. The van der Waals surface area contributed by atoms with Crippen molar-refractivity contribution in [3.8, 4) is 0 Å². The molecule has 1 aromatic heterocycles. The summed E-state index contributed by atoms with van der Waals surface area (Å²) in [5.74, 6) is 1.46.